The molecule has 0 unspecified atom stereocenters. The van der Waals surface area contributed by atoms with Crippen molar-refractivity contribution in [3.63, 3.8) is 0 Å². The topological polar surface area (TPSA) is 70.3 Å². The predicted octanol–water partition coefficient (Wildman–Crippen LogP) is 3.05. The maximum absolute atomic E-state index is 13.6. The number of alkyl halides is 1. The van der Waals surface area contributed by atoms with Gasteiger partial charge in [0.1, 0.15) is 17.2 Å². The first-order valence-electron chi connectivity index (χ1n) is 6.52. The second-order valence-corrected chi connectivity index (χ2v) is 5.29. The lowest BCUT2D eigenvalue weighted by Gasteiger charge is -2.29. The van der Waals surface area contributed by atoms with Crippen LogP contribution in [0.3, 0.4) is 0 Å². The second kappa shape index (κ2) is 5.30. The number of hydrogen-bond donors (Lipinski definition) is 1. The highest BCUT2D eigenvalue weighted by atomic mass is 19.1. The molecule has 1 aromatic rings. The van der Waals surface area contributed by atoms with Crippen LogP contribution in [0.25, 0.3) is 6.08 Å². The molecule has 1 aliphatic carbocycles. The Morgan fingerprint density at radius 3 is 2.71 bits per heavy atom. The highest BCUT2D eigenvalue weighted by Gasteiger charge is 2.67. The van der Waals surface area contributed by atoms with E-state index in [4.69, 9.17) is 9.84 Å². The summed E-state index contributed by atoms with van der Waals surface area (Å²) in [5, 5.41) is 18.4. The first kappa shape index (κ1) is 15.2. The molecule has 0 radical (unpaired) electrons. The van der Waals surface area contributed by atoms with Crippen LogP contribution in [0, 0.1) is 16.7 Å². The van der Waals surface area contributed by atoms with Gasteiger partial charge in [0.25, 0.3) is 0 Å². The van der Waals surface area contributed by atoms with E-state index in [-0.39, 0.29) is 12.0 Å². The Labute approximate surface area is 122 Å². The molecule has 0 aliphatic heterocycles. The molecule has 1 fully saturated rings. The third-order valence-electron chi connectivity index (χ3n) is 4.16. The number of methoxy groups -OCH3 is 1. The monoisotopic (exact) mass is 289 g/mol. The standard InChI is InChI=1S/C16H16FNO3/c1-15(21-2,16(10-18)9-13(16)17)8-7-11-5-3-4-6-12(11)14(19)20/h3-8,13H,9H2,1-2H3,(H,19,20)/b8-7+/t13-,15-,16+/m1/s1. The number of benzene rings is 1. The Morgan fingerprint density at radius 1 is 1.62 bits per heavy atom. The third kappa shape index (κ3) is 2.43. The summed E-state index contributed by atoms with van der Waals surface area (Å²) < 4.78 is 19.0. The summed E-state index contributed by atoms with van der Waals surface area (Å²) in [6, 6.07) is 8.48. The van der Waals surface area contributed by atoms with Gasteiger partial charge in [-0.2, -0.15) is 5.26 Å². The summed E-state index contributed by atoms with van der Waals surface area (Å²) in [5.41, 5.74) is -1.67. The average Bonchev–Trinajstić information content (AvgIpc) is 3.17. The van der Waals surface area contributed by atoms with Crippen molar-refractivity contribution in [3.8, 4) is 6.07 Å². The lowest BCUT2D eigenvalue weighted by Crippen LogP contribution is -2.37. The number of carboxylic acids is 1. The molecule has 0 spiro atoms. The van der Waals surface area contributed by atoms with E-state index in [2.05, 4.69) is 0 Å². The minimum Gasteiger partial charge on any atom is -0.478 e. The van der Waals surface area contributed by atoms with E-state index in [1.165, 1.54) is 13.2 Å². The molecule has 0 bridgehead atoms. The predicted molar refractivity (Wildman–Crippen MR) is 75.4 cm³/mol. The molecule has 1 N–H and O–H groups in total. The van der Waals surface area contributed by atoms with Gasteiger partial charge in [0.15, 0.2) is 0 Å². The van der Waals surface area contributed by atoms with Gasteiger partial charge in [-0.3, -0.25) is 0 Å². The van der Waals surface area contributed by atoms with Crippen molar-refractivity contribution in [2.75, 3.05) is 7.11 Å². The number of ether oxygens (including phenoxy) is 1. The summed E-state index contributed by atoms with van der Waals surface area (Å²) in [7, 11) is 1.41. The highest BCUT2D eigenvalue weighted by Crippen LogP contribution is 2.57. The van der Waals surface area contributed by atoms with Gasteiger partial charge in [0, 0.05) is 13.5 Å². The van der Waals surface area contributed by atoms with E-state index in [9.17, 15) is 14.4 Å². The quantitative estimate of drug-likeness (QED) is 0.904. The molecule has 3 atom stereocenters. The number of carbonyl (C=O) groups is 1. The van der Waals surface area contributed by atoms with Crippen molar-refractivity contribution in [1.82, 2.24) is 0 Å². The maximum Gasteiger partial charge on any atom is 0.336 e. The van der Waals surface area contributed by atoms with Crippen LogP contribution in [0.2, 0.25) is 0 Å². The molecular formula is C16H16FNO3. The molecule has 0 aromatic heterocycles. The van der Waals surface area contributed by atoms with Crippen LogP contribution in [0.1, 0.15) is 29.3 Å². The Kier molecular flexibility index (Phi) is 3.84. The summed E-state index contributed by atoms with van der Waals surface area (Å²) in [4.78, 5) is 11.2. The molecule has 0 heterocycles. The minimum absolute atomic E-state index is 0.124. The van der Waals surface area contributed by atoms with Gasteiger partial charge in [-0.05, 0) is 18.6 Å². The SMILES string of the molecule is CO[C@](C)(/C=C/c1ccccc1C(=O)O)[C@]1(C#N)C[C@H]1F. The first-order valence-corrected chi connectivity index (χ1v) is 6.52. The fourth-order valence-electron chi connectivity index (χ4n) is 2.45. The van der Waals surface area contributed by atoms with Crippen molar-refractivity contribution in [2.24, 2.45) is 5.41 Å². The molecular weight excluding hydrogens is 273 g/mol. The van der Waals surface area contributed by atoms with Crippen molar-refractivity contribution in [1.29, 1.82) is 5.26 Å². The smallest absolute Gasteiger partial charge is 0.336 e. The van der Waals surface area contributed by atoms with Gasteiger partial charge < -0.3 is 9.84 Å². The molecule has 5 heteroatoms. The lowest BCUT2D eigenvalue weighted by molar-refractivity contribution is -0.00168. The van der Waals surface area contributed by atoms with Gasteiger partial charge in [-0.15, -0.1) is 0 Å². The number of nitriles is 1. The summed E-state index contributed by atoms with van der Waals surface area (Å²) in [5.74, 6) is -1.04. The van der Waals surface area contributed by atoms with Gasteiger partial charge in [-0.1, -0.05) is 30.4 Å². The zero-order valence-electron chi connectivity index (χ0n) is 11.8. The molecule has 2 rings (SSSR count). The third-order valence-corrected chi connectivity index (χ3v) is 4.16. The number of hydrogen-bond acceptors (Lipinski definition) is 3. The van der Waals surface area contributed by atoms with Crippen LogP contribution in [0.15, 0.2) is 30.3 Å². The largest absolute Gasteiger partial charge is 0.478 e. The molecule has 1 saturated carbocycles. The Morgan fingerprint density at radius 2 is 2.24 bits per heavy atom. The molecule has 110 valence electrons. The first-order chi connectivity index (χ1) is 9.90. The van der Waals surface area contributed by atoms with E-state index < -0.39 is 23.2 Å². The number of aromatic carboxylic acids is 1. The minimum atomic E-state index is -1.23. The second-order valence-electron chi connectivity index (χ2n) is 5.29. The van der Waals surface area contributed by atoms with Crippen LogP contribution in [-0.4, -0.2) is 30.0 Å². The zero-order chi connectivity index (χ0) is 15.7. The Bertz CT molecular complexity index is 637. The van der Waals surface area contributed by atoms with Gasteiger partial charge >= 0.3 is 5.97 Å². The van der Waals surface area contributed by atoms with Crippen LogP contribution in [-0.2, 0) is 4.74 Å². The highest BCUT2D eigenvalue weighted by molar-refractivity contribution is 5.92. The molecule has 4 nitrogen and oxygen atoms in total. The van der Waals surface area contributed by atoms with Crippen LogP contribution >= 0.6 is 0 Å². The van der Waals surface area contributed by atoms with Gasteiger partial charge in [-0.25, -0.2) is 9.18 Å². The fraction of sp³-hybridized carbons (Fsp3) is 0.375. The van der Waals surface area contributed by atoms with E-state index in [0.29, 0.717) is 5.56 Å². The summed E-state index contributed by atoms with van der Waals surface area (Å²) >= 11 is 0. The van der Waals surface area contributed by atoms with Crippen molar-refractivity contribution >= 4 is 12.0 Å². The Hall–Kier alpha value is -2.19. The number of carboxylic acid groups (broad SMARTS) is 1. The van der Waals surface area contributed by atoms with Crippen LogP contribution in [0.4, 0.5) is 4.39 Å². The van der Waals surface area contributed by atoms with Crippen LogP contribution < -0.4 is 0 Å². The van der Waals surface area contributed by atoms with Crippen molar-refractivity contribution in [3.05, 3.63) is 41.5 Å². The lowest BCUT2D eigenvalue weighted by atomic mass is 9.85. The van der Waals surface area contributed by atoms with E-state index >= 15 is 0 Å². The van der Waals surface area contributed by atoms with Gasteiger partial charge in [0.05, 0.1) is 11.6 Å². The molecule has 1 aliphatic rings. The number of rotatable bonds is 5. The normalized spacial score (nSPS) is 27.0. The molecule has 0 amide bonds. The summed E-state index contributed by atoms with van der Waals surface area (Å²) in [6.45, 7) is 1.63. The molecule has 1 aromatic carbocycles. The van der Waals surface area contributed by atoms with E-state index in [0.717, 1.165) is 0 Å². The maximum atomic E-state index is 13.6. The Balaban J connectivity index is 2.36. The van der Waals surface area contributed by atoms with E-state index in [1.54, 1.807) is 37.3 Å². The van der Waals surface area contributed by atoms with Crippen molar-refractivity contribution < 1.29 is 19.0 Å². The summed E-state index contributed by atoms with van der Waals surface area (Å²) in [6.07, 6.45) is 2.03. The molecule has 0 saturated heterocycles. The fourth-order valence-corrected chi connectivity index (χ4v) is 2.45. The van der Waals surface area contributed by atoms with E-state index in [1.807, 2.05) is 6.07 Å². The number of halogens is 1. The van der Waals surface area contributed by atoms with Crippen LogP contribution in [0.5, 0.6) is 0 Å². The number of nitrogens with zero attached hydrogens (tertiary/aromatic N) is 1. The zero-order valence-corrected chi connectivity index (χ0v) is 11.8. The van der Waals surface area contributed by atoms with Gasteiger partial charge in [0.2, 0.25) is 0 Å². The van der Waals surface area contributed by atoms with Crippen molar-refractivity contribution in [2.45, 2.75) is 25.1 Å². The average molecular weight is 289 g/mol. The molecule has 21 heavy (non-hydrogen) atoms.